The number of nitrogens with zero attached hydrogens (tertiary/aromatic N) is 1. The normalized spacial score (nSPS) is 30.9. The number of rotatable bonds is 0. The molecule has 0 N–H and O–H groups in total. The van der Waals surface area contributed by atoms with Gasteiger partial charge in [0.2, 0.25) is 0 Å². The Labute approximate surface area is 111 Å². The maximum Gasteiger partial charge on any atom is 0.0380 e. The molecule has 1 aromatic carbocycles. The predicted molar refractivity (Wildman–Crippen MR) is 76.8 cm³/mol. The van der Waals surface area contributed by atoms with Crippen molar-refractivity contribution in [2.75, 3.05) is 7.05 Å². The number of benzene rings is 1. The van der Waals surface area contributed by atoms with E-state index >= 15 is 0 Å². The summed E-state index contributed by atoms with van der Waals surface area (Å²) < 4.78 is 0. The number of likely N-dealkylation sites (N-methyl/N-ethyl adjacent to an activating group) is 1. The fourth-order valence-electron chi connectivity index (χ4n) is 4.00. The molecule has 2 aliphatic rings. The lowest BCUT2D eigenvalue weighted by Gasteiger charge is -2.52. The highest BCUT2D eigenvalue weighted by Crippen LogP contribution is 2.47. The van der Waals surface area contributed by atoms with Crippen molar-refractivity contribution in [2.24, 2.45) is 0 Å². The zero-order valence-electron chi connectivity index (χ0n) is 11.8. The van der Waals surface area contributed by atoms with Crippen molar-refractivity contribution in [3.8, 4) is 0 Å². The van der Waals surface area contributed by atoms with E-state index in [1.54, 1.807) is 11.1 Å². The molecule has 18 heavy (non-hydrogen) atoms. The van der Waals surface area contributed by atoms with Crippen molar-refractivity contribution in [1.82, 2.24) is 4.90 Å². The maximum absolute atomic E-state index is 4.21. The second kappa shape index (κ2) is 3.88. The van der Waals surface area contributed by atoms with Crippen LogP contribution in [0.4, 0.5) is 0 Å². The Hall–Kier alpha value is -1.24. The minimum absolute atomic E-state index is 0.317. The van der Waals surface area contributed by atoms with E-state index in [0.29, 0.717) is 11.5 Å². The van der Waals surface area contributed by atoms with Crippen LogP contribution in [0.15, 0.2) is 30.5 Å². The first-order valence-corrected chi connectivity index (χ1v) is 7.03. The first kappa shape index (κ1) is 11.8. The Kier molecular flexibility index (Phi) is 2.55. The molecule has 1 heteroatoms. The average Bonchev–Trinajstić information content (AvgIpc) is 2.34. The van der Waals surface area contributed by atoms with Crippen LogP contribution < -0.4 is 0 Å². The fourth-order valence-corrected chi connectivity index (χ4v) is 4.00. The molecule has 0 saturated carbocycles. The molecule has 0 spiro atoms. The molecular weight excluding hydrogens is 218 g/mol. The third-order valence-corrected chi connectivity index (χ3v) is 5.20. The van der Waals surface area contributed by atoms with Crippen LogP contribution >= 0.6 is 0 Å². The van der Waals surface area contributed by atoms with Gasteiger partial charge in [0.05, 0.1) is 0 Å². The lowest BCUT2D eigenvalue weighted by Crippen LogP contribution is -2.53. The summed E-state index contributed by atoms with van der Waals surface area (Å²) in [7, 11) is 2.23. The molecule has 1 aromatic rings. The van der Waals surface area contributed by atoms with Crippen molar-refractivity contribution in [3.63, 3.8) is 0 Å². The first-order chi connectivity index (χ1) is 8.52. The van der Waals surface area contributed by atoms with Crippen molar-refractivity contribution in [3.05, 3.63) is 47.2 Å². The quantitative estimate of drug-likeness (QED) is 0.667. The van der Waals surface area contributed by atoms with Crippen molar-refractivity contribution in [1.29, 1.82) is 0 Å². The number of hydrogen-bond donors (Lipinski definition) is 0. The largest absolute Gasteiger partial charge is 0.374 e. The highest BCUT2D eigenvalue weighted by Gasteiger charge is 2.45. The van der Waals surface area contributed by atoms with Crippen LogP contribution in [0.3, 0.4) is 0 Å². The van der Waals surface area contributed by atoms with Crippen LogP contribution in [-0.4, -0.2) is 18.0 Å². The molecule has 0 aromatic heterocycles. The highest BCUT2D eigenvalue weighted by molar-refractivity contribution is 5.42. The standard InChI is InChI=1S/C17H23N/c1-12-5-7-15-14(11-12)6-8-16-17(15,3)10-9-13(2)18(16)4/h5,7,11,16H,2,6,8-10H2,1,3-4H3. The molecular formula is C17H23N. The summed E-state index contributed by atoms with van der Waals surface area (Å²) in [5.41, 5.74) is 6.19. The van der Waals surface area contributed by atoms with Gasteiger partial charge >= 0.3 is 0 Å². The van der Waals surface area contributed by atoms with Crippen LogP contribution in [-0.2, 0) is 11.8 Å². The van der Waals surface area contributed by atoms with Gasteiger partial charge in [0, 0.05) is 24.2 Å². The molecule has 0 radical (unpaired) electrons. The average molecular weight is 241 g/mol. The Morgan fingerprint density at radius 3 is 2.89 bits per heavy atom. The summed E-state index contributed by atoms with van der Waals surface area (Å²) in [6.07, 6.45) is 4.87. The number of allylic oxidation sites excluding steroid dienone is 1. The highest BCUT2D eigenvalue weighted by atomic mass is 15.2. The summed E-state index contributed by atoms with van der Waals surface area (Å²) in [5.74, 6) is 0. The lowest BCUT2D eigenvalue weighted by atomic mass is 9.63. The topological polar surface area (TPSA) is 3.24 Å². The summed E-state index contributed by atoms with van der Waals surface area (Å²) >= 11 is 0. The number of aryl methyl sites for hydroxylation is 2. The minimum Gasteiger partial charge on any atom is -0.374 e. The van der Waals surface area contributed by atoms with E-state index in [9.17, 15) is 0 Å². The number of piperidine rings is 1. The Balaban J connectivity index is 2.09. The van der Waals surface area contributed by atoms with Crippen LogP contribution in [0.1, 0.15) is 42.9 Å². The van der Waals surface area contributed by atoms with Crippen LogP contribution in [0.25, 0.3) is 0 Å². The van der Waals surface area contributed by atoms with E-state index in [-0.39, 0.29) is 0 Å². The van der Waals surface area contributed by atoms with Crippen LogP contribution in [0, 0.1) is 6.92 Å². The van der Waals surface area contributed by atoms with Crippen LogP contribution in [0.2, 0.25) is 0 Å². The van der Waals surface area contributed by atoms with Crippen molar-refractivity contribution in [2.45, 2.75) is 51.0 Å². The Morgan fingerprint density at radius 2 is 2.11 bits per heavy atom. The smallest absolute Gasteiger partial charge is 0.0380 e. The SMILES string of the molecule is C=C1CCC2(C)c3ccc(C)cc3CCC2N1C. The predicted octanol–water partition coefficient (Wildman–Crippen LogP) is 3.81. The van der Waals surface area contributed by atoms with Gasteiger partial charge in [-0.2, -0.15) is 0 Å². The summed E-state index contributed by atoms with van der Waals surface area (Å²) in [5, 5.41) is 0. The summed E-state index contributed by atoms with van der Waals surface area (Å²) in [4.78, 5) is 2.44. The van der Waals surface area contributed by atoms with Gasteiger partial charge in [-0.05, 0) is 43.7 Å². The zero-order valence-corrected chi connectivity index (χ0v) is 11.8. The van der Waals surface area contributed by atoms with Gasteiger partial charge in [0.1, 0.15) is 0 Å². The van der Waals surface area contributed by atoms with Gasteiger partial charge in [-0.1, -0.05) is 37.3 Å². The van der Waals surface area contributed by atoms with Gasteiger partial charge < -0.3 is 4.90 Å². The fraction of sp³-hybridized carbons (Fsp3) is 0.529. The molecule has 1 saturated heterocycles. The molecule has 1 aliphatic heterocycles. The number of hydrogen-bond acceptors (Lipinski definition) is 1. The lowest BCUT2D eigenvalue weighted by molar-refractivity contribution is 0.123. The minimum atomic E-state index is 0.317. The van der Waals surface area contributed by atoms with Gasteiger partial charge in [0.25, 0.3) is 0 Å². The number of fused-ring (bicyclic) bond motifs is 3. The van der Waals surface area contributed by atoms with Gasteiger partial charge in [-0.3, -0.25) is 0 Å². The van der Waals surface area contributed by atoms with E-state index < -0.39 is 0 Å². The van der Waals surface area contributed by atoms with E-state index in [1.165, 1.54) is 30.5 Å². The molecule has 0 bridgehead atoms. The molecule has 0 amide bonds. The molecule has 1 fully saturated rings. The van der Waals surface area contributed by atoms with E-state index in [1.807, 2.05) is 0 Å². The summed E-state index contributed by atoms with van der Waals surface area (Å²) in [6, 6.07) is 7.67. The monoisotopic (exact) mass is 241 g/mol. The second-order valence-corrected chi connectivity index (χ2v) is 6.31. The third-order valence-electron chi connectivity index (χ3n) is 5.20. The van der Waals surface area contributed by atoms with E-state index in [4.69, 9.17) is 0 Å². The Morgan fingerprint density at radius 1 is 1.33 bits per heavy atom. The zero-order chi connectivity index (χ0) is 12.9. The molecule has 2 atom stereocenters. The van der Waals surface area contributed by atoms with Gasteiger partial charge in [-0.25, -0.2) is 0 Å². The molecule has 96 valence electrons. The molecule has 1 heterocycles. The molecule has 1 nitrogen and oxygen atoms in total. The van der Waals surface area contributed by atoms with Crippen LogP contribution in [0.5, 0.6) is 0 Å². The first-order valence-electron chi connectivity index (χ1n) is 7.03. The van der Waals surface area contributed by atoms with Crippen molar-refractivity contribution >= 4 is 0 Å². The molecule has 3 rings (SSSR count). The van der Waals surface area contributed by atoms with Crippen molar-refractivity contribution < 1.29 is 0 Å². The van der Waals surface area contributed by atoms with E-state index in [2.05, 4.69) is 50.6 Å². The van der Waals surface area contributed by atoms with Gasteiger partial charge in [-0.15, -0.1) is 0 Å². The molecule has 2 unspecified atom stereocenters. The molecule has 1 aliphatic carbocycles. The third kappa shape index (κ3) is 1.53. The maximum atomic E-state index is 4.21. The Bertz CT molecular complexity index is 502. The summed E-state index contributed by atoms with van der Waals surface area (Å²) in [6.45, 7) is 8.86. The van der Waals surface area contributed by atoms with Gasteiger partial charge in [0.15, 0.2) is 0 Å². The van der Waals surface area contributed by atoms with E-state index in [0.717, 1.165) is 6.42 Å². The second-order valence-electron chi connectivity index (χ2n) is 6.31. The number of likely N-dealkylation sites (tertiary alicyclic amines) is 1.